The van der Waals surface area contributed by atoms with Gasteiger partial charge in [-0.3, -0.25) is 4.99 Å². The highest BCUT2D eigenvalue weighted by Crippen LogP contribution is 2.18. The molecule has 7 heteroatoms. The third kappa shape index (κ3) is 7.07. The zero-order chi connectivity index (χ0) is 17.4. The summed E-state index contributed by atoms with van der Waals surface area (Å²) in [5, 5.41) is 7.05. The first-order chi connectivity index (χ1) is 11.6. The summed E-state index contributed by atoms with van der Waals surface area (Å²) in [7, 11) is 3.45. The van der Waals surface area contributed by atoms with Crippen LogP contribution in [-0.4, -0.2) is 31.6 Å². The monoisotopic (exact) mass is 474 g/mol. The number of hydrogen-bond acceptors (Lipinski definition) is 3. The molecule has 0 saturated carbocycles. The molecule has 0 saturated heterocycles. The molecule has 0 radical (unpaired) electrons. The fraction of sp³-hybridized carbons (Fsp3) is 0.333. The SMILES string of the molecule is CN=C(NCCc1ccc(C)c(OC)c1)NCc1ccc(Cl)nc1.I. The molecule has 1 aromatic heterocycles. The summed E-state index contributed by atoms with van der Waals surface area (Å²) in [6.45, 7) is 3.46. The van der Waals surface area contributed by atoms with Crippen molar-refractivity contribution in [2.24, 2.45) is 4.99 Å². The van der Waals surface area contributed by atoms with Gasteiger partial charge >= 0.3 is 0 Å². The second-order valence-corrected chi connectivity index (χ2v) is 5.78. The Morgan fingerprint density at radius 1 is 1.20 bits per heavy atom. The van der Waals surface area contributed by atoms with Crippen LogP contribution in [0.2, 0.25) is 5.15 Å². The number of hydrogen-bond donors (Lipinski definition) is 2. The second kappa shape index (κ2) is 11.1. The van der Waals surface area contributed by atoms with Crippen LogP contribution in [0, 0.1) is 6.92 Å². The summed E-state index contributed by atoms with van der Waals surface area (Å²) >= 11 is 5.78. The number of nitrogens with one attached hydrogen (secondary N) is 2. The number of aromatic nitrogens is 1. The predicted molar refractivity (Wildman–Crippen MR) is 114 cm³/mol. The topological polar surface area (TPSA) is 58.5 Å². The average molecular weight is 475 g/mol. The van der Waals surface area contributed by atoms with E-state index in [2.05, 4.69) is 38.8 Å². The highest BCUT2D eigenvalue weighted by Gasteiger charge is 2.02. The van der Waals surface area contributed by atoms with Crippen LogP contribution in [0.1, 0.15) is 16.7 Å². The number of aryl methyl sites for hydroxylation is 1. The van der Waals surface area contributed by atoms with Crippen LogP contribution in [-0.2, 0) is 13.0 Å². The van der Waals surface area contributed by atoms with Crippen molar-refractivity contribution in [3.05, 3.63) is 58.4 Å². The normalized spacial score (nSPS) is 10.8. The van der Waals surface area contributed by atoms with E-state index < -0.39 is 0 Å². The molecule has 2 N–H and O–H groups in total. The third-order valence-electron chi connectivity index (χ3n) is 3.65. The van der Waals surface area contributed by atoms with Gasteiger partial charge in [-0.2, -0.15) is 0 Å². The van der Waals surface area contributed by atoms with Crippen molar-refractivity contribution in [1.82, 2.24) is 15.6 Å². The molecule has 2 rings (SSSR count). The molecule has 1 aromatic carbocycles. The van der Waals surface area contributed by atoms with E-state index in [1.165, 1.54) is 5.56 Å². The lowest BCUT2D eigenvalue weighted by Crippen LogP contribution is -2.37. The number of pyridine rings is 1. The van der Waals surface area contributed by atoms with Gasteiger partial charge in [-0.25, -0.2) is 4.98 Å². The highest BCUT2D eigenvalue weighted by atomic mass is 127. The maximum Gasteiger partial charge on any atom is 0.191 e. The fourth-order valence-corrected chi connectivity index (χ4v) is 2.37. The minimum Gasteiger partial charge on any atom is -0.496 e. The Balaban J connectivity index is 0.00000312. The first-order valence-electron chi connectivity index (χ1n) is 7.81. The molecule has 0 spiro atoms. The van der Waals surface area contributed by atoms with Gasteiger partial charge in [-0.05, 0) is 42.2 Å². The zero-order valence-electron chi connectivity index (χ0n) is 14.7. The van der Waals surface area contributed by atoms with Gasteiger partial charge in [0.05, 0.1) is 7.11 Å². The fourth-order valence-electron chi connectivity index (χ4n) is 2.26. The highest BCUT2D eigenvalue weighted by molar-refractivity contribution is 14.0. The van der Waals surface area contributed by atoms with Crippen molar-refractivity contribution >= 4 is 41.5 Å². The van der Waals surface area contributed by atoms with Crippen LogP contribution < -0.4 is 15.4 Å². The van der Waals surface area contributed by atoms with Crippen molar-refractivity contribution in [3.63, 3.8) is 0 Å². The van der Waals surface area contributed by atoms with Gasteiger partial charge in [0.1, 0.15) is 10.9 Å². The lowest BCUT2D eigenvalue weighted by atomic mass is 10.1. The Bertz CT molecular complexity index is 692. The molecule has 136 valence electrons. The summed E-state index contributed by atoms with van der Waals surface area (Å²) in [4.78, 5) is 8.28. The van der Waals surface area contributed by atoms with Crippen LogP contribution in [0.3, 0.4) is 0 Å². The number of nitrogens with zero attached hydrogens (tertiary/aromatic N) is 2. The lowest BCUT2D eigenvalue weighted by molar-refractivity contribution is 0.411. The third-order valence-corrected chi connectivity index (χ3v) is 3.87. The molecule has 0 aliphatic heterocycles. The maximum absolute atomic E-state index is 5.78. The van der Waals surface area contributed by atoms with Gasteiger partial charge in [0.2, 0.25) is 0 Å². The number of aliphatic imine (C=N–C) groups is 1. The van der Waals surface area contributed by atoms with E-state index in [-0.39, 0.29) is 24.0 Å². The molecule has 0 aliphatic rings. The standard InChI is InChI=1S/C18H23ClN4O.HI/c1-13-4-5-14(10-16(13)24-3)8-9-21-18(20-2)23-12-15-6-7-17(19)22-11-15;/h4-7,10-11H,8-9,12H2,1-3H3,(H2,20,21,23);1H. The van der Waals surface area contributed by atoms with E-state index >= 15 is 0 Å². The number of ether oxygens (including phenoxy) is 1. The minimum absolute atomic E-state index is 0. The molecule has 0 atom stereocenters. The molecular weight excluding hydrogens is 451 g/mol. The molecule has 0 unspecified atom stereocenters. The number of halogens is 2. The van der Waals surface area contributed by atoms with Crippen molar-refractivity contribution in [2.75, 3.05) is 20.7 Å². The molecule has 5 nitrogen and oxygen atoms in total. The van der Waals surface area contributed by atoms with E-state index in [1.54, 1.807) is 26.4 Å². The number of benzene rings is 1. The summed E-state index contributed by atoms with van der Waals surface area (Å²) in [6, 6.07) is 9.99. The summed E-state index contributed by atoms with van der Waals surface area (Å²) in [6.07, 6.45) is 2.64. The summed E-state index contributed by atoms with van der Waals surface area (Å²) in [5.74, 6) is 1.68. The van der Waals surface area contributed by atoms with E-state index in [4.69, 9.17) is 16.3 Å². The van der Waals surface area contributed by atoms with Gasteiger partial charge in [-0.15, -0.1) is 24.0 Å². The Morgan fingerprint density at radius 3 is 2.60 bits per heavy atom. The van der Waals surface area contributed by atoms with E-state index in [0.717, 1.165) is 35.8 Å². The Hall–Kier alpha value is -1.54. The molecule has 0 bridgehead atoms. The van der Waals surface area contributed by atoms with Gasteiger partial charge in [-0.1, -0.05) is 29.8 Å². The van der Waals surface area contributed by atoms with E-state index in [0.29, 0.717) is 11.7 Å². The maximum atomic E-state index is 5.78. The van der Waals surface area contributed by atoms with Crippen LogP contribution in [0.25, 0.3) is 0 Å². The molecule has 0 fully saturated rings. The first-order valence-corrected chi connectivity index (χ1v) is 8.18. The van der Waals surface area contributed by atoms with Crippen molar-refractivity contribution in [1.29, 1.82) is 0 Å². The molecule has 2 aromatic rings. The van der Waals surface area contributed by atoms with Crippen LogP contribution >= 0.6 is 35.6 Å². The quantitative estimate of drug-likeness (QED) is 0.291. The van der Waals surface area contributed by atoms with Crippen molar-refractivity contribution in [3.8, 4) is 5.75 Å². The second-order valence-electron chi connectivity index (χ2n) is 5.40. The van der Waals surface area contributed by atoms with Gasteiger partial charge < -0.3 is 15.4 Å². The molecule has 25 heavy (non-hydrogen) atoms. The smallest absolute Gasteiger partial charge is 0.191 e. The molecular formula is C18H24ClIN4O. The van der Waals surface area contributed by atoms with Crippen LogP contribution in [0.4, 0.5) is 0 Å². The van der Waals surface area contributed by atoms with Crippen LogP contribution in [0.5, 0.6) is 5.75 Å². The summed E-state index contributed by atoms with van der Waals surface area (Å²) < 4.78 is 5.36. The number of rotatable bonds is 6. The molecule has 1 heterocycles. The van der Waals surface area contributed by atoms with Crippen LogP contribution in [0.15, 0.2) is 41.5 Å². The largest absolute Gasteiger partial charge is 0.496 e. The van der Waals surface area contributed by atoms with Crippen molar-refractivity contribution in [2.45, 2.75) is 19.9 Å². The Morgan fingerprint density at radius 2 is 1.96 bits per heavy atom. The van der Waals surface area contributed by atoms with Gasteiger partial charge in [0.25, 0.3) is 0 Å². The lowest BCUT2D eigenvalue weighted by Gasteiger charge is -2.12. The first kappa shape index (κ1) is 21.5. The zero-order valence-corrected chi connectivity index (χ0v) is 17.8. The minimum atomic E-state index is 0. The predicted octanol–water partition coefficient (Wildman–Crippen LogP) is 3.58. The van der Waals surface area contributed by atoms with Gasteiger partial charge in [0, 0.05) is 26.3 Å². The van der Waals surface area contributed by atoms with Gasteiger partial charge in [0.15, 0.2) is 5.96 Å². The van der Waals surface area contributed by atoms with E-state index in [9.17, 15) is 0 Å². The van der Waals surface area contributed by atoms with Crippen molar-refractivity contribution < 1.29 is 4.74 Å². The molecule has 0 amide bonds. The average Bonchev–Trinajstić information content (AvgIpc) is 2.60. The summed E-state index contributed by atoms with van der Waals surface area (Å²) in [5.41, 5.74) is 3.41. The number of methoxy groups -OCH3 is 1. The Kier molecular flexibility index (Phi) is 9.59. The number of guanidine groups is 1. The van der Waals surface area contributed by atoms with E-state index in [1.807, 2.05) is 13.0 Å². The Labute approximate surface area is 171 Å². The molecule has 0 aliphatic carbocycles.